The molecule has 0 saturated heterocycles. The number of ketones is 1. The summed E-state index contributed by atoms with van der Waals surface area (Å²) in [4.78, 5) is 11.6. The Hall–Kier alpha value is -1.69. The van der Waals surface area contributed by atoms with Crippen molar-refractivity contribution in [1.29, 1.82) is 0 Å². The average molecular weight is 255 g/mol. The molecular formula is C11H10FNO3S. The van der Waals surface area contributed by atoms with Crippen LogP contribution in [0.5, 0.6) is 0 Å². The minimum absolute atomic E-state index is 0.105. The van der Waals surface area contributed by atoms with Gasteiger partial charge in [-0.05, 0) is 24.3 Å². The van der Waals surface area contributed by atoms with Gasteiger partial charge in [0, 0.05) is 18.3 Å². The van der Waals surface area contributed by atoms with Crippen molar-refractivity contribution in [2.45, 2.75) is 0 Å². The van der Waals surface area contributed by atoms with Crippen molar-refractivity contribution in [1.82, 2.24) is 5.32 Å². The number of rotatable bonds is 2. The summed E-state index contributed by atoms with van der Waals surface area (Å²) in [7, 11) is -3.53. The average Bonchev–Trinajstić information content (AvgIpc) is 2.28. The van der Waals surface area contributed by atoms with Crippen LogP contribution in [0.1, 0.15) is 10.4 Å². The molecular weight excluding hydrogens is 245 g/mol. The zero-order chi connectivity index (χ0) is 12.5. The summed E-state index contributed by atoms with van der Waals surface area (Å²) < 4.78 is 36.0. The van der Waals surface area contributed by atoms with Gasteiger partial charge in [0.05, 0.1) is 5.75 Å². The highest BCUT2D eigenvalue weighted by Gasteiger charge is 2.27. The third-order valence-electron chi connectivity index (χ3n) is 2.41. The first-order valence-corrected chi connectivity index (χ1v) is 6.62. The van der Waals surface area contributed by atoms with Crippen LogP contribution in [0, 0.1) is 5.82 Å². The molecule has 0 bridgehead atoms. The molecule has 0 unspecified atom stereocenters. The van der Waals surface area contributed by atoms with E-state index in [-0.39, 0.29) is 16.2 Å². The van der Waals surface area contributed by atoms with Crippen LogP contribution in [0.3, 0.4) is 0 Å². The maximum absolute atomic E-state index is 12.7. The molecule has 1 heterocycles. The van der Waals surface area contributed by atoms with E-state index in [2.05, 4.69) is 5.32 Å². The second kappa shape index (κ2) is 4.29. The van der Waals surface area contributed by atoms with Crippen molar-refractivity contribution >= 4 is 15.6 Å². The van der Waals surface area contributed by atoms with Gasteiger partial charge in [0.25, 0.3) is 0 Å². The molecule has 1 aliphatic heterocycles. The lowest BCUT2D eigenvalue weighted by Gasteiger charge is -2.14. The van der Waals surface area contributed by atoms with Gasteiger partial charge in [-0.3, -0.25) is 4.79 Å². The number of sulfone groups is 1. The molecule has 0 aliphatic carbocycles. The monoisotopic (exact) mass is 255 g/mol. The fourth-order valence-corrected chi connectivity index (χ4v) is 2.78. The van der Waals surface area contributed by atoms with Crippen LogP contribution in [0.15, 0.2) is 35.4 Å². The van der Waals surface area contributed by atoms with Gasteiger partial charge in [-0.2, -0.15) is 0 Å². The summed E-state index contributed by atoms with van der Waals surface area (Å²) in [5, 5.41) is 2.72. The molecule has 0 amide bonds. The van der Waals surface area contributed by atoms with Crippen LogP contribution in [0.4, 0.5) is 4.39 Å². The fourth-order valence-electron chi connectivity index (χ4n) is 1.51. The second-order valence-corrected chi connectivity index (χ2v) is 5.70. The summed E-state index contributed by atoms with van der Waals surface area (Å²) >= 11 is 0. The fraction of sp³-hybridized carbons (Fsp3) is 0.182. The lowest BCUT2D eigenvalue weighted by molar-refractivity contribution is 0.104. The van der Waals surface area contributed by atoms with Gasteiger partial charge < -0.3 is 5.32 Å². The van der Waals surface area contributed by atoms with Crippen LogP contribution in [-0.2, 0) is 9.84 Å². The number of allylic oxidation sites excluding steroid dienone is 1. The third-order valence-corrected chi connectivity index (χ3v) is 4.13. The molecule has 0 aromatic heterocycles. The molecule has 0 atom stereocenters. The van der Waals surface area contributed by atoms with Crippen molar-refractivity contribution in [3.05, 3.63) is 46.8 Å². The minimum Gasteiger partial charge on any atom is -0.389 e. The number of hydrogen-bond acceptors (Lipinski definition) is 4. The number of carbonyl (C=O) groups excluding carboxylic acids is 1. The highest BCUT2D eigenvalue weighted by Crippen LogP contribution is 2.17. The smallest absolute Gasteiger partial charge is 0.205 e. The first-order valence-electron chi connectivity index (χ1n) is 4.97. The van der Waals surface area contributed by atoms with Crippen molar-refractivity contribution < 1.29 is 17.6 Å². The number of benzene rings is 1. The summed E-state index contributed by atoms with van der Waals surface area (Å²) in [5.41, 5.74) is 0.157. The van der Waals surface area contributed by atoms with Gasteiger partial charge in [-0.1, -0.05) is 0 Å². The summed E-state index contributed by atoms with van der Waals surface area (Å²) in [5.74, 6) is -1.19. The Labute approximate surface area is 98.1 Å². The largest absolute Gasteiger partial charge is 0.389 e. The maximum Gasteiger partial charge on any atom is 0.205 e. The van der Waals surface area contributed by atoms with E-state index in [1.54, 1.807) is 0 Å². The summed E-state index contributed by atoms with van der Waals surface area (Å²) in [6.45, 7) is 0.294. The SMILES string of the molecule is O=C(C1=CNCCS1(=O)=O)c1ccc(F)cc1. The molecule has 1 aromatic rings. The van der Waals surface area contributed by atoms with E-state index < -0.39 is 21.4 Å². The van der Waals surface area contributed by atoms with E-state index in [1.807, 2.05) is 0 Å². The number of Topliss-reactive ketones (excluding diaryl/α,β-unsaturated/α-hetero) is 1. The quantitative estimate of drug-likeness (QED) is 0.796. The van der Waals surface area contributed by atoms with Crippen molar-refractivity contribution in [3.8, 4) is 0 Å². The number of halogens is 1. The van der Waals surface area contributed by atoms with Crippen molar-refractivity contribution in [2.75, 3.05) is 12.3 Å². The van der Waals surface area contributed by atoms with Gasteiger partial charge in [-0.25, -0.2) is 12.8 Å². The Kier molecular flexibility index (Phi) is 2.97. The predicted octanol–water partition coefficient (Wildman–Crippen LogP) is 0.868. The van der Waals surface area contributed by atoms with Gasteiger partial charge in [0.2, 0.25) is 5.78 Å². The highest BCUT2D eigenvalue weighted by atomic mass is 32.2. The van der Waals surface area contributed by atoms with Crippen molar-refractivity contribution in [2.24, 2.45) is 0 Å². The van der Waals surface area contributed by atoms with E-state index in [4.69, 9.17) is 0 Å². The standard InChI is InChI=1S/C11H10FNO3S/c12-9-3-1-8(2-4-9)11(14)10-7-13-5-6-17(10,15)16/h1-4,7,13H,5-6H2. The summed E-state index contributed by atoms with van der Waals surface area (Å²) in [6.07, 6.45) is 1.20. The molecule has 1 N–H and O–H groups in total. The number of hydrogen-bond donors (Lipinski definition) is 1. The topological polar surface area (TPSA) is 63.2 Å². The zero-order valence-corrected chi connectivity index (χ0v) is 9.63. The maximum atomic E-state index is 12.7. The van der Waals surface area contributed by atoms with E-state index in [0.29, 0.717) is 6.54 Å². The summed E-state index contributed by atoms with van der Waals surface area (Å²) in [6, 6.07) is 4.78. The number of nitrogens with one attached hydrogen (secondary N) is 1. The Morgan fingerprint density at radius 3 is 2.47 bits per heavy atom. The molecule has 4 nitrogen and oxygen atoms in total. The Morgan fingerprint density at radius 2 is 1.88 bits per heavy atom. The Bertz CT molecular complexity index is 575. The third kappa shape index (κ3) is 2.36. The van der Waals surface area contributed by atoms with Crippen molar-refractivity contribution in [3.63, 3.8) is 0 Å². The Morgan fingerprint density at radius 1 is 1.24 bits per heavy atom. The molecule has 0 saturated carbocycles. The van der Waals surface area contributed by atoms with Crippen LogP contribution >= 0.6 is 0 Å². The van der Waals surface area contributed by atoms with Crippen LogP contribution < -0.4 is 5.32 Å². The van der Waals surface area contributed by atoms with Crippen LogP contribution in [-0.4, -0.2) is 26.5 Å². The van der Waals surface area contributed by atoms with Crippen LogP contribution in [0.25, 0.3) is 0 Å². The molecule has 0 fully saturated rings. The molecule has 0 spiro atoms. The van der Waals surface area contributed by atoms with Gasteiger partial charge >= 0.3 is 0 Å². The van der Waals surface area contributed by atoms with E-state index >= 15 is 0 Å². The Balaban J connectivity index is 2.38. The second-order valence-electron chi connectivity index (χ2n) is 3.62. The van der Waals surface area contributed by atoms with E-state index in [1.165, 1.54) is 18.3 Å². The molecule has 6 heteroatoms. The van der Waals surface area contributed by atoms with E-state index in [0.717, 1.165) is 12.1 Å². The number of carbonyl (C=O) groups is 1. The molecule has 90 valence electrons. The first kappa shape index (κ1) is 11.8. The van der Waals surface area contributed by atoms with E-state index in [9.17, 15) is 17.6 Å². The van der Waals surface area contributed by atoms with Crippen LogP contribution in [0.2, 0.25) is 0 Å². The van der Waals surface area contributed by atoms with Gasteiger partial charge in [-0.15, -0.1) is 0 Å². The molecule has 0 radical (unpaired) electrons. The molecule has 17 heavy (non-hydrogen) atoms. The zero-order valence-electron chi connectivity index (χ0n) is 8.81. The molecule has 1 aromatic carbocycles. The first-order chi connectivity index (χ1) is 8.00. The molecule has 2 rings (SSSR count). The lowest BCUT2D eigenvalue weighted by Crippen LogP contribution is -2.30. The normalized spacial score (nSPS) is 18.1. The predicted molar refractivity (Wildman–Crippen MR) is 60.6 cm³/mol. The highest BCUT2D eigenvalue weighted by molar-refractivity contribution is 7.96. The van der Waals surface area contributed by atoms with Gasteiger partial charge in [0.1, 0.15) is 10.7 Å². The molecule has 1 aliphatic rings. The van der Waals surface area contributed by atoms with Gasteiger partial charge in [0.15, 0.2) is 9.84 Å². The minimum atomic E-state index is -3.53. The lowest BCUT2D eigenvalue weighted by atomic mass is 10.1.